The lowest BCUT2D eigenvalue weighted by molar-refractivity contribution is -0.276. The summed E-state index contributed by atoms with van der Waals surface area (Å²) in [5.41, 5.74) is 2.85. The summed E-state index contributed by atoms with van der Waals surface area (Å²) in [7, 11) is 0. The molecule has 0 spiro atoms. The van der Waals surface area contributed by atoms with Gasteiger partial charge < -0.3 is 25.0 Å². The third-order valence-electron chi connectivity index (χ3n) is 9.20. The number of β-amino-alcohol motifs (C(OH)–C–C–N with tert-alkyl or cyclic N) is 1. The molecule has 12 heteroatoms. The van der Waals surface area contributed by atoms with Crippen molar-refractivity contribution >= 4 is 5.91 Å². The van der Waals surface area contributed by atoms with Gasteiger partial charge in [-0.1, -0.05) is 79.7 Å². The summed E-state index contributed by atoms with van der Waals surface area (Å²) >= 11 is 0. The summed E-state index contributed by atoms with van der Waals surface area (Å²) in [6.07, 6.45) is -0.912. The molecule has 2 saturated heterocycles. The van der Waals surface area contributed by atoms with Crippen LogP contribution in [0.5, 0.6) is 0 Å². The van der Waals surface area contributed by atoms with Gasteiger partial charge in [0.25, 0.3) is 5.91 Å². The molecule has 0 bridgehead atoms. The predicted octanol–water partition coefficient (Wildman–Crippen LogP) is 6.33. The summed E-state index contributed by atoms with van der Waals surface area (Å²) in [6.45, 7) is 3.70. The van der Waals surface area contributed by atoms with E-state index in [-0.39, 0.29) is 37.4 Å². The molecular weight excluding hydrogens is 647 g/mol. The van der Waals surface area contributed by atoms with Gasteiger partial charge in [-0.05, 0) is 34.2 Å². The van der Waals surface area contributed by atoms with E-state index in [1.807, 2.05) is 48.5 Å². The molecule has 2 heterocycles. The highest BCUT2D eigenvalue weighted by atomic mass is 19.2. The predicted molar refractivity (Wildman–Crippen MR) is 169 cm³/mol. The monoisotopic (exact) mass is 682 g/mol. The van der Waals surface area contributed by atoms with Crippen LogP contribution in [0.15, 0.2) is 72.8 Å². The third-order valence-corrected chi connectivity index (χ3v) is 9.20. The largest absolute Gasteiger partial charge is 0.392 e. The minimum Gasteiger partial charge on any atom is -0.392 e. The van der Waals surface area contributed by atoms with Gasteiger partial charge in [0.1, 0.15) is 5.56 Å². The van der Waals surface area contributed by atoms with Gasteiger partial charge in [0.2, 0.25) is 5.82 Å². The fourth-order valence-electron chi connectivity index (χ4n) is 6.40. The normalized spacial score (nSPS) is 22.7. The van der Waals surface area contributed by atoms with Crippen LogP contribution >= 0.6 is 0 Å². The average Bonchev–Trinajstić information content (AvgIpc) is 3.54. The van der Waals surface area contributed by atoms with Crippen LogP contribution in [0.1, 0.15) is 58.4 Å². The first-order valence-electron chi connectivity index (χ1n) is 15.9. The zero-order valence-corrected chi connectivity index (χ0v) is 26.5. The van der Waals surface area contributed by atoms with Crippen molar-refractivity contribution in [3.8, 4) is 11.1 Å². The molecule has 0 aliphatic carbocycles. The van der Waals surface area contributed by atoms with Crippen LogP contribution in [0.2, 0.25) is 0 Å². The first kappa shape index (κ1) is 34.7. The van der Waals surface area contributed by atoms with Crippen molar-refractivity contribution in [2.75, 3.05) is 19.6 Å². The van der Waals surface area contributed by atoms with Gasteiger partial charge >= 0.3 is 0 Å². The van der Waals surface area contributed by atoms with Gasteiger partial charge in [-0.25, -0.2) is 22.0 Å². The Kier molecular flexibility index (Phi) is 10.4. The fourth-order valence-corrected chi connectivity index (χ4v) is 6.40. The Balaban J connectivity index is 1.21. The molecule has 2 aliphatic rings. The number of rotatable bonds is 9. The molecule has 0 radical (unpaired) electrons. The number of aliphatic hydroxyl groups is 2. The lowest BCUT2D eigenvalue weighted by Crippen LogP contribution is -2.44. The molecule has 4 aromatic carbocycles. The molecule has 0 saturated carbocycles. The second-order valence-corrected chi connectivity index (χ2v) is 12.4. The van der Waals surface area contributed by atoms with Gasteiger partial charge in [0, 0.05) is 37.7 Å². The van der Waals surface area contributed by atoms with Crippen molar-refractivity contribution in [3.05, 3.63) is 130 Å². The van der Waals surface area contributed by atoms with E-state index in [1.54, 1.807) is 24.3 Å². The topological polar surface area (TPSA) is 91.3 Å². The van der Waals surface area contributed by atoms with Crippen molar-refractivity contribution < 1.29 is 46.4 Å². The number of hydrogen-bond acceptors (Lipinski definition) is 6. The highest BCUT2D eigenvalue weighted by Crippen LogP contribution is 2.42. The second kappa shape index (κ2) is 14.7. The lowest BCUT2D eigenvalue weighted by atomic mass is 9.90. The number of halogens is 5. The third kappa shape index (κ3) is 7.24. The van der Waals surface area contributed by atoms with E-state index in [1.165, 1.54) is 0 Å². The van der Waals surface area contributed by atoms with Gasteiger partial charge in [-0.3, -0.25) is 9.69 Å². The minimum absolute atomic E-state index is 0.0276. The number of likely N-dealkylation sites (tertiary alicyclic amines) is 1. The van der Waals surface area contributed by atoms with Crippen LogP contribution in [0.25, 0.3) is 11.1 Å². The standard InChI is InChI=1S/C37H35F5N2O5/c1-20-28(18-44-15-14-26(46)17-44)48-37(49-35(20)23-8-6-21(19-45)7-9-23)24-12-10-22(11-13-24)27-5-3-2-4-25(27)16-43-36(47)29-30(38)32(40)34(42)33(41)31(29)39/h2-13,20,26,28,35,37,45-46H,14-19H2,1H3,(H,43,47). The summed E-state index contributed by atoms with van der Waals surface area (Å²) < 4.78 is 82.3. The summed E-state index contributed by atoms with van der Waals surface area (Å²) in [5.74, 6) is -12.6. The number of aliphatic hydroxyl groups excluding tert-OH is 2. The molecule has 3 N–H and O–H groups in total. The molecule has 6 rings (SSSR count). The number of hydrogen-bond donors (Lipinski definition) is 3. The Hall–Kier alpha value is -4.20. The molecule has 7 nitrogen and oxygen atoms in total. The van der Waals surface area contributed by atoms with Crippen molar-refractivity contribution in [3.63, 3.8) is 0 Å². The minimum atomic E-state index is -2.34. The molecule has 2 fully saturated rings. The number of carbonyl (C=O) groups is 1. The van der Waals surface area contributed by atoms with E-state index in [9.17, 15) is 37.0 Å². The number of carbonyl (C=O) groups excluding carboxylic acids is 1. The van der Waals surface area contributed by atoms with Crippen molar-refractivity contribution in [2.24, 2.45) is 5.92 Å². The molecule has 1 amide bonds. The zero-order valence-electron chi connectivity index (χ0n) is 26.5. The quantitative estimate of drug-likeness (QED) is 0.109. The van der Waals surface area contributed by atoms with E-state index < -0.39 is 46.8 Å². The average molecular weight is 683 g/mol. The van der Waals surface area contributed by atoms with Gasteiger partial charge in [-0.15, -0.1) is 0 Å². The van der Waals surface area contributed by atoms with Crippen LogP contribution in [-0.2, 0) is 22.6 Å². The molecule has 2 aliphatic heterocycles. The van der Waals surface area contributed by atoms with Crippen molar-refractivity contribution in [1.29, 1.82) is 0 Å². The van der Waals surface area contributed by atoms with Crippen LogP contribution in [0, 0.1) is 35.0 Å². The van der Waals surface area contributed by atoms with Crippen LogP contribution < -0.4 is 5.32 Å². The Bertz CT molecular complexity index is 1780. The smallest absolute Gasteiger partial charge is 0.257 e. The number of amides is 1. The van der Waals surface area contributed by atoms with E-state index in [4.69, 9.17) is 9.47 Å². The van der Waals surface area contributed by atoms with Crippen LogP contribution in [0.4, 0.5) is 22.0 Å². The Morgan fingerprint density at radius 3 is 2.12 bits per heavy atom. The summed E-state index contributed by atoms with van der Waals surface area (Å²) in [5, 5.41) is 21.9. The number of nitrogens with one attached hydrogen (secondary N) is 1. The van der Waals surface area contributed by atoms with Gasteiger partial charge in [-0.2, -0.15) is 0 Å². The van der Waals surface area contributed by atoms with Crippen molar-refractivity contribution in [1.82, 2.24) is 10.2 Å². The number of benzene rings is 4. The number of ether oxygens (including phenoxy) is 2. The van der Waals surface area contributed by atoms with Crippen molar-refractivity contribution in [2.45, 2.75) is 51.1 Å². The first-order valence-corrected chi connectivity index (χ1v) is 15.9. The SMILES string of the molecule is CC1C(CN2CCC(O)C2)OC(c2ccc(-c3ccccc3CNC(=O)c3c(F)c(F)c(F)c(F)c3F)cc2)OC1c1ccc(CO)cc1. The molecule has 0 aromatic heterocycles. The second-order valence-electron chi connectivity index (χ2n) is 12.4. The maximum Gasteiger partial charge on any atom is 0.257 e. The molecule has 5 unspecified atom stereocenters. The lowest BCUT2D eigenvalue weighted by Gasteiger charge is -2.42. The molecule has 4 aromatic rings. The Morgan fingerprint density at radius 2 is 1.49 bits per heavy atom. The van der Waals surface area contributed by atoms with E-state index >= 15 is 0 Å². The molecular formula is C37H35F5N2O5. The van der Waals surface area contributed by atoms with Crippen LogP contribution in [0.3, 0.4) is 0 Å². The summed E-state index contributed by atoms with van der Waals surface area (Å²) in [6, 6.07) is 21.9. The highest BCUT2D eigenvalue weighted by molar-refractivity contribution is 5.95. The fraction of sp³-hybridized carbons (Fsp3) is 0.324. The number of nitrogens with zero attached hydrogens (tertiary/aromatic N) is 1. The zero-order chi connectivity index (χ0) is 34.8. The van der Waals surface area contributed by atoms with E-state index in [0.717, 1.165) is 28.8 Å². The summed E-state index contributed by atoms with van der Waals surface area (Å²) in [4.78, 5) is 14.8. The van der Waals surface area contributed by atoms with E-state index in [2.05, 4.69) is 17.1 Å². The molecule has 49 heavy (non-hydrogen) atoms. The van der Waals surface area contributed by atoms with Crippen LogP contribution in [-0.4, -0.2) is 52.9 Å². The van der Waals surface area contributed by atoms with Gasteiger partial charge in [0.15, 0.2) is 29.6 Å². The molecule has 5 atom stereocenters. The first-order chi connectivity index (χ1) is 23.5. The maximum atomic E-state index is 14.2. The van der Waals surface area contributed by atoms with Gasteiger partial charge in [0.05, 0.1) is 24.9 Å². The maximum absolute atomic E-state index is 14.2. The Labute approximate surface area is 279 Å². The highest BCUT2D eigenvalue weighted by Gasteiger charge is 2.40. The Morgan fingerprint density at radius 1 is 0.857 bits per heavy atom. The molecule has 258 valence electrons. The van der Waals surface area contributed by atoms with E-state index in [0.29, 0.717) is 30.6 Å².